The summed E-state index contributed by atoms with van der Waals surface area (Å²) in [4.78, 5) is 25.7. The van der Waals surface area contributed by atoms with E-state index in [-0.39, 0.29) is 17.9 Å². The number of amides is 2. The number of fused-ring (bicyclic) bond motifs is 1. The Labute approximate surface area is 147 Å². The van der Waals surface area contributed by atoms with Gasteiger partial charge in [-0.15, -0.1) is 0 Å². The maximum Gasteiger partial charge on any atom is 0.251 e. The average Bonchev–Trinajstić information content (AvgIpc) is 3.10. The number of hydrogen-bond donors (Lipinski definition) is 2. The van der Waals surface area contributed by atoms with Crippen molar-refractivity contribution in [1.82, 2.24) is 5.32 Å². The molecule has 2 heterocycles. The fourth-order valence-corrected chi connectivity index (χ4v) is 3.07. The number of benzene rings is 1. The summed E-state index contributed by atoms with van der Waals surface area (Å²) in [7, 11) is 1.86. The van der Waals surface area contributed by atoms with Crippen LogP contribution in [0, 0.1) is 0 Å². The van der Waals surface area contributed by atoms with E-state index in [2.05, 4.69) is 10.6 Å². The lowest BCUT2D eigenvalue weighted by atomic mass is 10.1. The van der Waals surface area contributed by atoms with Crippen molar-refractivity contribution in [2.24, 2.45) is 0 Å². The number of carbonyl (C=O) groups excluding carboxylic acids is 2. The second-order valence-electron chi connectivity index (χ2n) is 6.46. The maximum atomic E-state index is 12.2. The van der Waals surface area contributed by atoms with E-state index >= 15 is 0 Å². The number of carbonyl (C=O) groups is 2. The van der Waals surface area contributed by atoms with Gasteiger partial charge in [0.2, 0.25) is 5.91 Å². The van der Waals surface area contributed by atoms with Crippen molar-refractivity contribution in [3.05, 3.63) is 23.8 Å². The summed E-state index contributed by atoms with van der Waals surface area (Å²) in [6.07, 6.45) is 3.17. The number of nitrogens with one attached hydrogen (secondary N) is 2. The van der Waals surface area contributed by atoms with Crippen LogP contribution in [0.1, 0.15) is 29.6 Å². The molecule has 0 radical (unpaired) electrons. The first-order valence-corrected chi connectivity index (χ1v) is 8.76. The minimum atomic E-state index is -0.149. The third-order valence-electron chi connectivity index (χ3n) is 4.40. The third kappa shape index (κ3) is 4.70. The number of rotatable bonds is 7. The fraction of sp³-hybridized carbons (Fsp3) is 0.556. The first kappa shape index (κ1) is 17.7. The minimum absolute atomic E-state index is 0.0732. The number of anilines is 2. The molecule has 0 bridgehead atoms. The van der Waals surface area contributed by atoms with E-state index in [0.717, 1.165) is 31.6 Å². The van der Waals surface area contributed by atoms with Gasteiger partial charge in [0.1, 0.15) is 0 Å². The Morgan fingerprint density at radius 1 is 1.48 bits per heavy atom. The van der Waals surface area contributed by atoms with Crippen LogP contribution >= 0.6 is 0 Å². The van der Waals surface area contributed by atoms with E-state index in [1.54, 1.807) is 12.1 Å². The van der Waals surface area contributed by atoms with Crippen molar-refractivity contribution in [1.29, 1.82) is 0 Å². The molecule has 2 amide bonds. The Kier molecular flexibility index (Phi) is 5.88. The number of likely N-dealkylation sites (N-methyl/N-ethyl adjacent to an activating group) is 1. The molecule has 3 rings (SSSR count). The summed E-state index contributed by atoms with van der Waals surface area (Å²) in [6.45, 7) is 2.94. The smallest absolute Gasteiger partial charge is 0.251 e. The van der Waals surface area contributed by atoms with Crippen molar-refractivity contribution in [3.8, 4) is 0 Å². The quantitative estimate of drug-likeness (QED) is 0.729. The number of nitrogens with zero attached hydrogens (tertiary/aromatic N) is 1. The molecule has 0 aliphatic carbocycles. The number of hydrogen-bond acceptors (Lipinski definition) is 5. The SMILES string of the molecule is CN1CC(=O)Nc2cc(C(=O)NCCCOCC3CCCO3)ccc21. The normalized spacial score (nSPS) is 19.5. The molecule has 25 heavy (non-hydrogen) atoms. The second kappa shape index (κ2) is 8.31. The highest BCUT2D eigenvalue weighted by molar-refractivity contribution is 6.03. The highest BCUT2D eigenvalue weighted by atomic mass is 16.5. The molecule has 7 nitrogen and oxygen atoms in total. The van der Waals surface area contributed by atoms with E-state index in [4.69, 9.17) is 9.47 Å². The van der Waals surface area contributed by atoms with E-state index < -0.39 is 0 Å². The zero-order valence-electron chi connectivity index (χ0n) is 14.5. The van der Waals surface area contributed by atoms with Crippen molar-refractivity contribution < 1.29 is 19.1 Å². The molecule has 0 spiro atoms. The van der Waals surface area contributed by atoms with Crippen LogP contribution in [0.2, 0.25) is 0 Å². The molecule has 136 valence electrons. The molecule has 0 saturated carbocycles. The van der Waals surface area contributed by atoms with Crippen molar-refractivity contribution in [2.75, 3.05) is 50.2 Å². The van der Waals surface area contributed by atoms with Gasteiger partial charge >= 0.3 is 0 Å². The molecule has 1 aromatic carbocycles. The predicted octanol–water partition coefficient (Wildman–Crippen LogP) is 1.39. The molecule has 1 saturated heterocycles. The minimum Gasteiger partial charge on any atom is -0.379 e. The van der Waals surface area contributed by atoms with Crippen LogP contribution < -0.4 is 15.5 Å². The Hall–Kier alpha value is -2.12. The van der Waals surface area contributed by atoms with Crippen LogP contribution in [-0.4, -0.2) is 57.9 Å². The molecule has 2 aliphatic rings. The molecule has 1 atom stereocenters. The molecule has 2 aliphatic heterocycles. The summed E-state index contributed by atoms with van der Waals surface area (Å²) < 4.78 is 11.1. The van der Waals surface area contributed by atoms with E-state index in [9.17, 15) is 9.59 Å². The summed E-state index contributed by atoms with van der Waals surface area (Å²) in [6, 6.07) is 5.34. The van der Waals surface area contributed by atoms with Crippen molar-refractivity contribution >= 4 is 23.2 Å². The standard InChI is InChI=1S/C18H25N3O4/c1-21-11-17(22)20-15-10-13(5-6-16(15)21)18(23)19-7-3-8-24-12-14-4-2-9-25-14/h5-6,10,14H,2-4,7-9,11-12H2,1H3,(H,19,23)(H,20,22). The third-order valence-corrected chi connectivity index (χ3v) is 4.40. The zero-order chi connectivity index (χ0) is 17.6. The Morgan fingerprint density at radius 2 is 2.36 bits per heavy atom. The average molecular weight is 347 g/mol. The Balaban J connectivity index is 1.41. The van der Waals surface area contributed by atoms with E-state index in [1.165, 1.54) is 0 Å². The maximum absolute atomic E-state index is 12.2. The molecular weight excluding hydrogens is 322 g/mol. The molecule has 2 N–H and O–H groups in total. The molecule has 1 unspecified atom stereocenters. The summed E-state index contributed by atoms with van der Waals surface area (Å²) in [5.41, 5.74) is 2.12. The lowest BCUT2D eigenvalue weighted by Gasteiger charge is -2.27. The van der Waals surface area contributed by atoms with Gasteiger partial charge in [0.25, 0.3) is 5.91 Å². The molecular formula is C18H25N3O4. The van der Waals surface area contributed by atoms with Crippen LogP contribution in [0.15, 0.2) is 18.2 Å². The van der Waals surface area contributed by atoms with Crippen LogP contribution in [0.3, 0.4) is 0 Å². The van der Waals surface area contributed by atoms with Gasteiger partial charge in [-0.25, -0.2) is 0 Å². The molecule has 0 aromatic heterocycles. The van der Waals surface area contributed by atoms with Gasteiger partial charge in [0.05, 0.1) is 30.6 Å². The summed E-state index contributed by atoms with van der Waals surface area (Å²) >= 11 is 0. The zero-order valence-corrected chi connectivity index (χ0v) is 14.5. The summed E-state index contributed by atoms with van der Waals surface area (Å²) in [5.74, 6) is -0.222. The Morgan fingerprint density at radius 3 is 3.16 bits per heavy atom. The second-order valence-corrected chi connectivity index (χ2v) is 6.46. The first-order chi connectivity index (χ1) is 12.1. The van der Waals surface area contributed by atoms with Crippen molar-refractivity contribution in [2.45, 2.75) is 25.4 Å². The molecule has 7 heteroatoms. The van der Waals surface area contributed by atoms with Gasteiger partial charge in [-0.1, -0.05) is 0 Å². The van der Waals surface area contributed by atoms with Crippen molar-refractivity contribution in [3.63, 3.8) is 0 Å². The van der Waals surface area contributed by atoms with Gasteiger partial charge in [-0.3, -0.25) is 9.59 Å². The van der Waals surface area contributed by atoms with Gasteiger partial charge in [-0.2, -0.15) is 0 Å². The van der Waals surface area contributed by atoms with Gasteiger partial charge in [-0.05, 0) is 37.5 Å². The van der Waals surface area contributed by atoms with Gasteiger partial charge in [0, 0.05) is 32.4 Å². The lowest BCUT2D eigenvalue weighted by molar-refractivity contribution is -0.115. The number of ether oxygens (including phenoxy) is 2. The topological polar surface area (TPSA) is 79.9 Å². The first-order valence-electron chi connectivity index (χ1n) is 8.76. The van der Waals surface area contributed by atoms with Crippen LogP contribution in [-0.2, 0) is 14.3 Å². The van der Waals surface area contributed by atoms with Gasteiger partial charge in [0.15, 0.2) is 0 Å². The summed E-state index contributed by atoms with van der Waals surface area (Å²) in [5, 5.41) is 5.68. The van der Waals surface area contributed by atoms with E-state index in [0.29, 0.717) is 37.6 Å². The highest BCUT2D eigenvalue weighted by Crippen LogP contribution is 2.29. The van der Waals surface area contributed by atoms with Crippen LogP contribution in [0.25, 0.3) is 0 Å². The molecule has 1 fully saturated rings. The predicted molar refractivity (Wildman–Crippen MR) is 95.1 cm³/mol. The lowest BCUT2D eigenvalue weighted by Crippen LogP contribution is -2.35. The Bertz CT molecular complexity index is 629. The van der Waals surface area contributed by atoms with E-state index in [1.807, 2.05) is 18.0 Å². The fourth-order valence-electron chi connectivity index (χ4n) is 3.07. The van der Waals surface area contributed by atoms with Crippen LogP contribution in [0.5, 0.6) is 0 Å². The molecule has 1 aromatic rings. The monoisotopic (exact) mass is 347 g/mol. The highest BCUT2D eigenvalue weighted by Gasteiger charge is 2.20. The van der Waals surface area contributed by atoms with Gasteiger partial charge < -0.3 is 25.0 Å². The largest absolute Gasteiger partial charge is 0.379 e. The van der Waals surface area contributed by atoms with Crippen LogP contribution in [0.4, 0.5) is 11.4 Å².